The molecule has 4 nitrogen and oxygen atoms in total. The van der Waals surface area contributed by atoms with E-state index >= 15 is 0 Å². The van der Waals surface area contributed by atoms with E-state index in [9.17, 15) is 4.79 Å². The smallest absolute Gasteiger partial charge is 0.410 e. The van der Waals surface area contributed by atoms with Gasteiger partial charge in [0.25, 0.3) is 0 Å². The highest BCUT2D eigenvalue weighted by Crippen LogP contribution is 2.36. The molecule has 2 heterocycles. The Morgan fingerprint density at radius 3 is 2.74 bits per heavy atom. The lowest BCUT2D eigenvalue weighted by Crippen LogP contribution is -2.51. The first kappa shape index (κ1) is 16.1. The Hall–Kier alpha value is -1.81. The number of hydrogen-bond acceptors (Lipinski definition) is 3. The summed E-state index contributed by atoms with van der Waals surface area (Å²) in [5, 5.41) is 0. The quantitative estimate of drug-likeness (QED) is 0.797. The van der Waals surface area contributed by atoms with Crippen LogP contribution in [0.4, 0.5) is 4.79 Å². The summed E-state index contributed by atoms with van der Waals surface area (Å²) in [6.45, 7) is 6.91. The van der Waals surface area contributed by atoms with Crippen LogP contribution in [0.2, 0.25) is 0 Å². The van der Waals surface area contributed by atoms with E-state index < -0.39 is 0 Å². The number of amides is 1. The first-order chi connectivity index (χ1) is 10.9. The zero-order chi connectivity index (χ0) is 16.6. The molecule has 0 aliphatic carbocycles. The van der Waals surface area contributed by atoms with Gasteiger partial charge in [0.15, 0.2) is 0 Å². The van der Waals surface area contributed by atoms with E-state index in [2.05, 4.69) is 50.1 Å². The van der Waals surface area contributed by atoms with Crippen LogP contribution in [0.5, 0.6) is 0 Å². The molecule has 0 N–H and O–H groups in total. The fourth-order valence-corrected chi connectivity index (χ4v) is 3.66. The molecule has 0 fully saturated rings. The SMILES string of the molecule is COC(=O)N1Cc2c(cccc2C2=CCN(C)CC2)CC1(C)C. The second-order valence-corrected chi connectivity index (χ2v) is 7.23. The van der Waals surface area contributed by atoms with E-state index in [1.54, 1.807) is 0 Å². The van der Waals surface area contributed by atoms with Crippen molar-refractivity contribution in [1.82, 2.24) is 9.80 Å². The van der Waals surface area contributed by atoms with Crippen LogP contribution in [0, 0.1) is 0 Å². The van der Waals surface area contributed by atoms with Crippen LogP contribution in [0.15, 0.2) is 24.3 Å². The minimum absolute atomic E-state index is 0.222. The van der Waals surface area contributed by atoms with E-state index in [1.807, 2.05) is 4.90 Å². The Kier molecular flexibility index (Phi) is 4.19. The summed E-state index contributed by atoms with van der Waals surface area (Å²) < 4.78 is 5.01. The maximum Gasteiger partial charge on any atom is 0.410 e. The zero-order valence-electron chi connectivity index (χ0n) is 14.6. The van der Waals surface area contributed by atoms with Crippen molar-refractivity contribution in [3.63, 3.8) is 0 Å². The number of likely N-dealkylation sites (N-methyl/N-ethyl adjacent to an activating group) is 1. The van der Waals surface area contributed by atoms with Crippen LogP contribution in [-0.2, 0) is 17.7 Å². The van der Waals surface area contributed by atoms with Gasteiger partial charge in [-0.3, -0.25) is 4.90 Å². The maximum atomic E-state index is 12.2. The highest BCUT2D eigenvalue weighted by Gasteiger charge is 2.37. The van der Waals surface area contributed by atoms with Crippen molar-refractivity contribution in [2.75, 3.05) is 27.2 Å². The van der Waals surface area contributed by atoms with Crippen LogP contribution < -0.4 is 0 Å². The standard InChI is InChI=1S/C19H26N2O2/c1-19(2)12-15-6-5-7-16(14-8-10-20(3)11-9-14)17(15)13-21(19)18(22)23-4/h5-8H,9-13H2,1-4H3. The minimum atomic E-state index is -0.243. The second kappa shape index (κ2) is 6.00. The molecule has 0 bridgehead atoms. The van der Waals surface area contributed by atoms with Crippen LogP contribution in [-0.4, -0.2) is 48.7 Å². The third-order valence-electron chi connectivity index (χ3n) is 5.10. The number of nitrogens with zero attached hydrogens (tertiary/aromatic N) is 2. The Bertz CT molecular complexity index is 649. The van der Waals surface area contributed by atoms with Gasteiger partial charge < -0.3 is 9.64 Å². The number of ether oxygens (including phenoxy) is 1. The predicted molar refractivity (Wildman–Crippen MR) is 92.3 cm³/mol. The van der Waals surface area contributed by atoms with E-state index in [0.29, 0.717) is 6.54 Å². The summed E-state index contributed by atoms with van der Waals surface area (Å²) in [4.78, 5) is 16.4. The zero-order valence-corrected chi connectivity index (χ0v) is 14.6. The van der Waals surface area contributed by atoms with Crippen molar-refractivity contribution < 1.29 is 9.53 Å². The highest BCUT2D eigenvalue weighted by molar-refractivity contribution is 5.73. The molecule has 0 atom stereocenters. The molecule has 1 aromatic carbocycles. The third kappa shape index (κ3) is 3.00. The van der Waals surface area contributed by atoms with Gasteiger partial charge in [-0.15, -0.1) is 0 Å². The van der Waals surface area contributed by atoms with E-state index in [0.717, 1.165) is 25.9 Å². The average molecular weight is 314 g/mol. The van der Waals surface area contributed by atoms with Crippen molar-refractivity contribution in [2.24, 2.45) is 0 Å². The lowest BCUT2D eigenvalue weighted by Gasteiger charge is -2.43. The highest BCUT2D eigenvalue weighted by atomic mass is 16.5. The van der Waals surface area contributed by atoms with Gasteiger partial charge in [0.2, 0.25) is 0 Å². The molecule has 3 rings (SSSR count). The molecule has 0 saturated carbocycles. The number of carbonyl (C=O) groups is 1. The van der Waals surface area contributed by atoms with Crippen molar-refractivity contribution in [1.29, 1.82) is 0 Å². The van der Waals surface area contributed by atoms with Crippen molar-refractivity contribution in [3.05, 3.63) is 41.0 Å². The summed E-state index contributed by atoms with van der Waals surface area (Å²) in [6.07, 6.45) is 4.00. The van der Waals surface area contributed by atoms with E-state index in [4.69, 9.17) is 4.74 Å². The van der Waals surface area contributed by atoms with Gasteiger partial charge in [-0.1, -0.05) is 24.3 Å². The van der Waals surface area contributed by atoms with Gasteiger partial charge in [0, 0.05) is 18.6 Å². The lowest BCUT2D eigenvalue weighted by atomic mass is 9.82. The maximum absolute atomic E-state index is 12.2. The van der Waals surface area contributed by atoms with E-state index in [1.165, 1.54) is 29.4 Å². The first-order valence-electron chi connectivity index (χ1n) is 8.26. The fourth-order valence-electron chi connectivity index (χ4n) is 3.66. The Morgan fingerprint density at radius 1 is 1.30 bits per heavy atom. The lowest BCUT2D eigenvalue weighted by molar-refractivity contribution is 0.0656. The van der Waals surface area contributed by atoms with E-state index in [-0.39, 0.29) is 11.6 Å². The minimum Gasteiger partial charge on any atom is -0.453 e. The number of methoxy groups -OCH3 is 1. The summed E-state index contributed by atoms with van der Waals surface area (Å²) >= 11 is 0. The Balaban J connectivity index is 2.00. The molecule has 23 heavy (non-hydrogen) atoms. The summed E-state index contributed by atoms with van der Waals surface area (Å²) in [5.74, 6) is 0. The predicted octanol–water partition coefficient (Wildman–Crippen LogP) is 3.31. The van der Waals surface area contributed by atoms with Crippen LogP contribution in [0.1, 0.15) is 37.0 Å². The molecule has 124 valence electrons. The largest absolute Gasteiger partial charge is 0.453 e. The Labute approximate surface area is 138 Å². The normalized spacial score (nSPS) is 20.7. The molecule has 0 saturated heterocycles. The Morgan fingerprint density at radius 2 is 2.09 bits per heavy atom. The van der Waals surface area contributed by atoms with Crippen LogP contribution in [0.3, 0.4) is 0 Å². The molecule has 0 aromatic heterocycles. The molecule has 1 aromatic rings. The molecule has 2 aliphatic rings. The van der Waals surface area contributed by atoms with Crippen molar-refractivity contribution >= 4 is 11.7 Å². The average Bonchev–Trinajstić information content (AvgIpc) is 2.53. The second-order valence-electron chi connectivity index (χ2n) is 7.23. The topological polar surface area (TPSA) is 32.8 Å². The molecule has 2 aliphatic heterocycles. The van der Waals surface area contributed by atoms with Crippen molar-refractivity contribution in [2.45, 2.75) is 38.8 Å². The van der Waals surface area contributed by atoms with Gasteiger partial charge in [-0.05, 0) is 56.0 Å². The monoisotopic (exact) mass is 314 g/mol. The third-order valence-corrected chi connectivity index (χ3v) is 5.10. The molecule has 1 amide bonds. The number of fused-ring (bicyclic) bond motifs is 1. The number of rotatable bonds is 1. The first-order valence-corrected chi connectivity index (χ1v) is 8.26. The van der Waals surface area contributed by atoms with Gasteiger partial charge in [-0.25, -0.2) is 4.79 Å². The van der Waals surface area contributed by atoms with Gasteiger partial charge >= 0.3 is 6.09 Å². The van der Waals surface area contributed by atoms with Crippen LogP contribution in [0.25, 0.3) is 5.57 Å². The van der Waals surface area contributed by atoms with Gasteiger partial charge in [-0.2, -0.15) is 0 Å². The number of benzene rings is 1. The fraction of sp³-hybridized carbons (Fsp3) is 0.526. The molecule has 0 unspecified atom stereocenters. The van der Waals surface area contributed by atoms with Crippen molar-refractivity contribution in [3.8, 4) is 0 Å². The molecular formula is C19H26N2O2. The number of hydrogen-bond donors (Lipinski definition) is 0. The summed E-state index contributed by atoms with van der Waals surface area (Å²) in [6, 6.07) is 6.55. The molecule has 0 radical (unpaired) electrons. The number of carbonyl (C=O) groups excluding carboxylic acids is 1. The molecule has 0 spiro atoms. The molecular weight excluding hydrogens is 288 g/mol. The summed E-state index contributed by atoms with van der Waals surface area (Å²) in [5.41, 5.74) is 5.13. The van der Waals surface area contributed by atoms with Gasteiger partial charge in [0.05, 0.1) is 13.7 Å². The summed E-state index contributed by atoms with van der Waals surface area (Å²) in [7, 11) is 3.61. The molecule has 4 heteroatoms. The van der Waals surface area contributed by atoms with Crippen LogP contribution >= 0.6 is 0 Å². The van der Waals surface area contributed by atoms with Gasteiger partial charge in [0.1, 0.15) is 0 Å².